The van der Waals surface area contributed by atoms with Crippen molar-refractivity contribution in [2.45, 2.75) is 17.9 Å². The van der Waals surface area contributed by atoms with E-state index in [0.717, 1.165) is 10.4 Å². The van der Waals surface area contributed by atoms with Crippen LogP contribution in [-0.4, -0.2) is 36.9 Å². The zero-order valence-electron chi connectivity index (χ0n) is 19.0. The maximum absolute atomic E-state index is 14.7. The Kier molecular flexibility index (Phi) is 7.33. The smallest absolute Gasteiger partial charge is 0.267 e. The highest BCUT2D eigenvalue weighted by Gasteiger charge is 2.34. The summed E-state index contributed by atoms with van der Waals surface area (Å²) in [5.74, 6) is 0.878. The van der Waals surface area contributed by atoms with E-state index < -0.39 is 26.8 Å². The summed E-state index contributed by atoms with van der Waals surface area (Å²) in [6.45, 7) is 1.69. The van der Waals surface area contributed by atoms with E-state index in [1.54, 1.807) is 37.3 Å². The third kappa shape index (κ3) is 4.68. The largest absolute Gasteiger partial charge is 0.497 e. The van der Waals surface area contributed by atoms with Crippen molar-refractivity contribution in [1.82, 2.24) is 0 Å². The number of hydrogen-bond acceptors (Lipinski definition) is 6. The van der Waals surface area contributed by atoms with Crippen LogP contribution in [0.15, 0.2) is 65.6 Å². The molecule has 0 saturated carbocycles. The van der Waals surface area contributed by atoms with Crippen molar-refractivity contribution in [3.8, 4) is 23.0 Å². The average molecular weight is 476 g/mol. The lowest BCUT2D eigenvalue weighted by molar-refractivity contribution is 0.355. The zero-order chi connectivity index (χ0) is 24.2. The Labute approximate surface area is 193 Å². The van der Waals surface area contributed by atoms with Gasteiger partial charge in [0.25, 0.3) is 10.0 Å². The van der Waals surface area contributed by atoms with E-state index in [2.05, 4.69) is 0 Å². The summed E-state index contributed by atoms with van der Waals surface area (Å²) in [5, 5.41) is 0. The highest BCUT2D eigenvalue weighted by Crippen LogP contribution is 2.41. The topological polar surface area (TPSA) is 74.3 Å². The molecule has 0 unspecified atom stereocenters. The number of nitrogens with zero attached hydrogens (tertiary/aromatic N) is 1. The van der Waals surface area contributed by atoms with Crippen LogP contribution in [0.4, 0.5) is 10.1 Å². The molecule has 3 rings (SSSR count). The molecule has 0 N–H and O–H groups in total. The number of sulfonamides is 1. The minimum Gasteiger partial charge on any atom is -0.497 e. The summed E-state index contributed by atoms with van der Waals surface area (Å²) in [4.78, 5) is -0.450. The molecule has 0 amide bonds. The highest BCUT2D eigenvalue weighted by molar-refractivity contribution is 7.92. The molecule has 0 aliphatic rings. The molecular weight excluding hydrogens is 449 g/mol. The first-order valence-electron chi connectivity index (χ1n) is 10.0. The van der Waals surface area contributed by atoms with Gasteiger partial charge in [0.1, 0.15) is 22.2 Å². The molecule has 0 saturated heterocycles. The minimum atomic E-state index is -4.36. The van der Waals surface area contributed by atoms with Crippen molar-refractivity contribution in [1.29, 1.82) is 0 Å². The molecule has 1 atom stereocenters. The van der Waals surface area contributed by atoms with Gasteiger partial charge < -0.3 is 18.9 Å². The fraction of sp³-hybridized carbons (Fsp3) is 0.250. The number of hydrogen-bond donors (Lipinski definition) is 0. The molecule has 0 aliphatic carbocycles. The van der Waals surface area contributed by atoms with Crippen LogP contribution in [0.5, 0.6) is 23.0 Å². The van der Waals surface area contributed by atoms with Crippen LogP contribution < -0.4 is 23.3 Å². The van der Waals surface area contributed by atoms with Crippen molar-refractivity contribution < 1.29 is 31.8 Å². The Bertz CT molecular complexity index is 1230. The van der Waals surface area contributed by atoms with Gasteiger partial charge >= 0.3 is 0 Å². The van der Waals surface area contributed by atoms with E-state index in [4.69, 9.17) is 18.9 Å². The first-order chi connectivity index (χ1) is 15.8. The molecular formula is C24H26FNO6S. The molecule has 3 aromatic rings. The van der Waals surface area contributed by atoms with Gasteiger partial charge in [0.05, 0.1) is 40.2 Å². The van der Waals surface area contributed by atoms with Gasteiger partial charge in [-0.1, -0.05) is 12.1 Å². The fourth-order valence-corrected chi connectivity index (χ4v) is 5.28. The Morgan fingerprint density at radius 1 is 0.788 bits per heavy atom. The number of methoxy groups -OCH3 is 4. The van der Waals surface area contributed by atoms with Gasteiger partial charge in [0.15, 0.2) is 11.5 Å². The third-order valence-corrected chi connectivity index (χ3v) is 7.17. The first kappa shape index (κ1) is 24.2. The van der Waals surface area contributed by atoms with E-state index in [0.29, 0.717) is 28.6 Å². The lowest BCUT2D eigenvalue weighted by atomic mass is 10.1. The lowest BCUT2D eigenvalue weighted by Gasteiger charge is -2.32. The van der Waals surface area contributed by atoms with Crippen LogP contribution >= 0.6 is 0 Å². The monoisotopic (exact) mass is 475 g/mol. The van der Waals surface area contributed by atoms with Gasteiger partial charge in [0.2, 0.25) is 0 Å². The zero-order valence-corrected chi connectivity index (χ0v) is 19.9. The second kappa shape index (κ2) is 9.99. The van der Waals surface area contributed by atoms with Gasteiger partial charge in [-0.25, -0.2) is 12.8 Å². The molecule has 0 spiro atoms. The first-order valence-corrected chi connectivity index (χ1v) is 11.4. The summed E-state index contributed by atoms with van der Waals surface area (Å²) in [5.41, 5.74) is 0.792. The number of benzene rings is 3. The summed E-state index contributed by atoms with van der Waals surface area (Å²) in [6, 6.07) is 14.2. The second-order valence-corrected chi connectivity index (χ2v) is 8.84. The van der Waals surface area contributed by atoms with E-state index in [1.807, 2.05) is 0 Å². The second-order valence-electron chi connectivity index (χ2n) is 7.05. The van der Waals surface area contributed by atoms with E-state index >= 15 is 0 Å². The Balaban J connectivity index is 2.28. The van der Waals surface area contributed by atoms with Gasteiger partial charge in [-0.05, 0) is 49.4 Å². The minimum absolute atomic E-state index is 0.258. The standard InChI is InChI=1S/C24H26FNO6S/c1-16(19-15-18(29-2)11-13-21(19)30-3)26(17-10-12-22(31-4)23(14-17)32-5)33(27,28)24-9-7-6-8-20(24)25/h6-16H,1-5H3/t16-/m0/s1. The number of ether oxygens (including phenoxy) is 4. The molecule has 0 aromatic heterocycles. The maximum Gasteiger partial charge on any atom is 0.267 e. The van der Waals surface area contributed by atoms with Gasteiger partial charge in [0, 0.05) is 11.6 Å². The molecule has 33 heavy (non-hydrogen) atoms. The van der Waals surface area contributed by atoms with Crippen molar-refractivity contribution in [3.05, 3.63) is 72.0 Å². The summed E-state index contributed by atoms with van der Waals surface area (Å²) in [6.07, 6.45) is 0. The Hall–Kier alpha value is -3.46. The normalized spacial score (nSPS) is 12.1. The average Bonchev–Trinajstić information content (AvgIpc) is 2.83. The van der Waals surface area contributed by atoms with Crippen LogP contribution in [0.1, 0.15) is 18.5 Å². The van der Waals surface area contributed by atoms with Crippen molar-refractivity contribution in [2.75, 3.05) is 32.7 Å². The molecule has 176 valence electrons. The van der Waals surface area contributed by atoms with Crippen LogP contribution in [0.3, 0.4) is 0 Å². The van der Waals surface area contributed by atoms with Gasteiger partial charge in [-0.2, -0.15) is 0 Å². The lowest BCUT2D eigenvalue weighted by Crippen LogP contribution is -2.34. The van der Waals surface area contributed by atoms with Crippen LogP contribution in [-0.2, 0) is 10.0 Å². The summed E-state index contributed by atoms with van der Waals surface area (Å²) >= 11 is 0. The highest BCUT2D eigenvalue weighted by atomic mass is 32.2. The Morgan fingerprint density at radius 2 is 1.42 bits per heavy atom. The number of rotatable bonds is 9. The molecule has 9 heteroatoms. The Morgan fingerprint density at radius 3 is 2.03 bits per heavy atom. The third-order valence-electron chi connectivity index (χ3n) is 5.23. The molecule has 3 aromatic carbocycles. The molecule has 0 heterocycles. The molecule has 0 bridgehead atoms. The van der Waals surface area contributed by atoms with Crippen molar-refractivity contribution >= 4 is 15.7 Å². The van der Waals surface area contributed by atoms with Crippen LogP contribution in [0, 0.1) is 5.82 Å². The van der Waals surface area contributed by atoms with E-state index in [-0.39, 0.29) is 5.69 Å². The molecule has 0 radical (unpaired) electrons. The number of halogens is 1. The van der Waals surface area contributed by atoms with E-state index in [1.165, 1.54) is 52.7 Å². The van der Waals surface area contributed by atoms with Gasteiger partial charge in [-0.3, -0.25) is 4.31 Å². The molecule has 7 nitrogen and oxygen atoms in total. The predicted molar refractivity (Wildman–Crippen MR) is 124 cm³/mol. The fourth-order valence-electron chi connectivity index (χ4n) is 3.58. The summed E-state index contributed by atoms with van der Waals surface area (Å²) in [7, 11) is 1.58. The summed E-state index contributed by atoms with van der Waals surface area (Å²) < 4.78 is 64.9. The predicted octanol–water partition coefficient (Wildman–Crippen LogP) is 4.82. The maximum atomic E-state index is 14.7. The number of anilines is 1. The SMILES string of the molecule is COc1ccc(OC)c([C@H](C)N(c2ccc(OC)c(OC)c2)S(=O)(=O)c2ccccc2F)c1. The van der Waals surface area contributed by atoms with E-state index in [9.17, 15) is 12.8 Å². The van der Waals surface area contributed by atoms with Gasteiger partial charge in [-0.15, -0.1) is 0 Å². The molecule has 0 aliphatic heterocycles. The van der Waals surface area contributed by atoms with Crippen LogP contribution in [0.25, 0.3) is 0 Å². The van der Waals surface area contributed by atoms with Crippen molar-refractivity contribution in [3.63, 3.8) is 0 Å². The quantitative estimate of drug-likeness (QED) is 0.442. The van der Waals surface area contributed by atoms with Crippen molar-refractivity contribution in [2.24, 2.45) is 0 Å². The van der Waals surface area contributed by atoms with Crippen LogP contribution in [0.2, 0.25) is 0 Å². The molecule has 0 fully saturated rings.